The fraction of sp³-hybridized carbons (Fsp3) is 0.250. The molecule has 0 unspecified atom stereocenters. The summed E-state index contributed by atoms with van der Waals surface area (Å²) in [7, 11) is 3.78. The first kappa shape index (κ1) is 12.2. The van der Waals surface area contributed by atoms with Gasteiger partial charge in [0.2, 0.25) is 5.52 Å². The zero-order valence-corrected chi connectivity index (χ0v) is 11.3. The molecule has 0 N–H and O–H groups in total. The highest BCUT2D eigenvalue weighted by atomic mass is 127. The number of halogens is 1. The summed E-state index contributed by atoms with van der Waals surface area (Å²) in [4.78, 5) is 0. The van der Waals surface area contributed by atoms with Crippen LogP contribution in [-0.2, 0) is 7.05 Å². The van der Waals surface area contributed by atoms with Gasteiger partial charge in [-0.1, -0.05) is 12.1 Å². The molecule has 1 aromatic carbocycles. The van der Waals surface area contributed by atoms with Crippen molar-refractivity contribution in [2.24, 2.45) is 7.05 Å². The number of hydrogen-bond acceptors (Lipinski definition) is 1. The highest BCUT2D eigenvalue weighted by Crippen LogP contribution is 2.23. The van der Waals surface area contributed by atoms with E-state index >= 15 is 0 Å². The van der Waals surface area contributed by atoms with E-state index < -0.39 is 0 Å². The molecule has 0 spiro atoms. The van der Waals surface area contributed by atoms with E-state index in [2.05, 4.69) is 36.7 Å². The maximum Gasteiger partial charge on any atom is 0.216 e. The molecule has 0 aliphatic heterocycles. The summed E-state index contributed by atoms with van der Waals surface area (Å²) < 4.78 is 7.51. The molecule has 0 atom stereocenters. The van der Waals surface area contributed by atoms with E-state index in [1.807, 2.05) is 12.1 Å². The van der Waals surface area contributed by atoms with E-state index in [1.54, 1.807) is 7.11 Å². The molecule has 2 rings (SSSR count). The summed E-state index contributed by atoms with van der Waals surface area (Å²) in [6.45, 7) is 2.08. The van der Waals surface area contributed by atoms with Gasteiger partial charge in [-0.25, -0.2) is 0 Å². The Balaban J connectivity index is 0.00000112. The number of pyridine rings is 1. The summed E-state index contributed by atoms with van der Waals surface area (Å²) >= 11 is 0. The molecule has 0 saturated carbocycles. The molecule has 0 saturated heterocycles. The van der Waals surface area contributed by atoms with Gasteiger partial charge in [-0.15, -0.1) is 0 Å². The van der Waals surface area contributed by atoms with Crippen LogP contribution in [0.3, 0.4) is 0 Å². The molecule has 0 aliphatic rings. The molecule has 1 aromatic heterocycles. The van der Waals surface area contributed by atoms with Crippen molar-refractivity contribution in [3.8, 4) is 5.75 Å². The third-order valence-corrected chi connectivity index (χ3v) is 2.62. The van der Waals surface area contributed by atoms with E-state index in [0.29, 0.717) is 0 Å². The quantitative estimate of drug-likeness (QED) is 0.485. The van der Waals surface area contributed by atoms with Crippen molar-refractivity contribution in [2.45, 2.75) is 6.92 Å². The van der Waals surface area contributed by atoms with Gasteiger partial charge in [0.1, 0.15) is 12.8 Å². The standard InChI is InChI=1S/C12H14NO.HI/c1-9-8-12(14-3)10-6-4-5-7-11(10)13(9)2;/h4-8H,1-3H3;1H/q+1;/p-1. The van der Waals surface area contributed by atoms with Crippen molar-refractivity contribution in [3.05, 3.63) is 36.0 Å². The smallest absolute Gasteiger partial charge is 0.216 e. The lowest BCUT2D eigenvalue weighted by atomic mass is 10.2. The Labute approximate surface area is 107 Å². The number of methoxy groups -OCH3 is 1. The van der Waals surface area contributed by atoms with Gasteiger partial charge in [0, 0.05) is 19.1 Å². The number of rotatable bonds is 1. The lowest BCUT2D eigenvalue weighted by Gasteiger charge is -2.05. The van der Waals surface area contributed by atoms with Gasteiger partial charge < -0.3 is 28.7 Å². The van der Waals surface area contributed by atoms with Gasteiger partial charge in [0.05, 0.1) is 12.5 Å². The van der Waals surface area contributed by atoms with Gasteiger partial charge in [-0.3, -0.25) is 0 Å². The van der Waals surface area contributed by atoms with Gasteiger partial charge in [0.15, 0.2) is 5.69 Å². The van der Waals surface area contributed by atoms with Crippen molar-refractivity contribution in [1.29, 1.82) is 0 Å². The van der Waals surface area contributed by atoms with Crippen LogP contribution in [0.15, 0.2) is 30.3 Å². The number of ether oxygens (including phenoxy) is 1. The van der Waals surface area contributed by atoms with Crippen LogP contribution in [0.25, 0.3) is 10.9 Å². The van der Waals surface area contributed by atoms with Crippen LogP contribution in [0.4, 0.5) is 0 Å². The Bertz CT molecular complexity index is 482. The van der Waals surface area contributed by atoms with Crippen LogP contribution >= 0.6 is 0 Å². The Morgan fingerprint density at radius 2 is 1.87 bits per heavy atom. The number of benzene rings is 1. The fourth-order valence-electron chi connectivity index (χ4n) is 1.70. The van der Waals surface area contributed by atoms with Crippen LogP contribution < -0.4 is 33.3 Å². The molecular formula is C12H14INO. The molecule has 1 heterocycles. The number of nitrogens with zero attached hydrogens (tertiary/aromatic N) is 1. The van der Waals surface area contributed by atoms with Gasteiger partial charge >= 0.3 is 0 Å². The molecule has 15 heavy (non-hydrogen) atoms. The van der Waals surface area contributed by atoms with Gasteiger partial charge in [-0.05, 0) is 6.07 Å². The largest absolute Gasteiger partial charge is 1.00 e. The molecule has 0 bridgehead atoms. The monoisotopic (exact) mass is 315 g/mol. The Hall–Kier alpha value is -0.840. The average molecular weight is 315 g/mol. The van der Waals surface area contributed by atoms with E-state index in [4.69, 9.17) is 4.74 Å². The SMILES string of the molecule is COc1cc(C)[n+](C)c2ccccc12.[I-]. The predicted octanol–water partition coefficient (Wildman–Crippen LogP) is -1.01. The lowest BCUT2D eigenvalue weighted by molar-refractivity contribution is -0.651. The molecule has 80 valence electrons. The maximum atomic E-state index is 5.35. The van der Waals surface area contributed by atoms with Crippen LogP contribution in [0, 0.1) is 6.92 Å². The van der Waals surface area contributed by atoms with Crippen molar-refractivity contribution in [3.63, 3.8) is 0 Å². The number of aryl methyl sites for hydroxylation is 2. The number of aromatic nitrogens is 1. The Morgan fingerprint density at radius 3 is 2.53 bits per heavy atom. The molecule has 0 aliphatic carbocycles. The minimum atomic E-state index is 0. The topological polar surface area (TPSA) is 13.1 Å². The molecule has 2 nitrogen and oxygen atoms in total. The fourth-order valence-corrected chi connectivity index (χ4v) is 1.70. The molecule has 0 radical (unpaired) electrons. The highest BCUT2D eigenvalue weighted by Gasteiger charge is 2.12. The van der Waals surface area contributed by atoms with E-state index in [1.165, 1.54) is 11.2 Å². The summed E-state index contributed by atoms with van der Waals surface area (Å²) in [6.07, 6.45) is 0. The van der Waals surface area contributed by atoms with Crippen molar-refractivity contribution < 1.29 is 33.3 Å². The molecule has 0 amide bonds. The van der Waals surface area contributed by atoms with E-state index in [-0.39, 0.29) is 24.0 Å². The minimum absolute atomic E-state index is 0. The Kier molecular flexibility index (Phi) is 3.90. The molecule has 0 fully saturated rings. The molecule has 3 heteroatoms. The van der Waals surface area contributed by atoms with Crippen molar-refractivity contribution >= 4 is 10.9 Å². The molecular weight excluding hydrogens is 301 g/mol. The van der Waals surface area contributed by atoms with Crippen LogP contribution in [0.5, 0.6) is 5.75 Å². The zero-order chi connectivity index (χ0) is 10.1. The van der Waals surface area contributed by atoms with Crippen LogP contribution in [-0.4, -0.2) is 7.11 Å². The van der Waals surface area contributed by atoms with Gasteiger partial charge in [-0.2, -0.15) is 4.57 Å². The lowest BCUT2D eigenvalue weighted by Crippen LogP contribution is -3.00. The van der Waals surface area contributed by atoms with Crippen molar-refractivity contribution in [2.75, 3.05) is 7.11 Å². The second-order valence-electron chi connectivity index (χ2n) is 3.43. The number of para-hydroxylation sites is 1. The van der Waals surface area contributed by atoms with Gasteiger partial charge in [0.25, 0.3) is 0 Å². The first-order valence-electron chi connectivity index (χ1n) is 4.66. The average Bonchev–Trinajstić information content (AvgIpc) is 2.23. The predicted molar refractivity (Wildman–Crippen MR) is 56.4 cm³/mol. The minimum Gasteiger partial charge on any atom is -1.00 e. The third kappa shape index (κ3) is 2.07. The zero-order valence-electron chi connectivity index (χ0n) is 9.12. The van der Waals surface area contributed by atoms with E-state index in [9.17, 15) is 0 Å². The summed E-state index contributed by atoms with van der Waals surface area (Å²) in [5.41, 5.74) is 2.39. The van der Waals surface area contributed by atoms with Crippen LogP contribution in [0.2, 0.25) is 0 Å². The van der Waals surface area contributed by atoms with E-state index in [0.717, 1.165) is 11.1 Å². The summed E-state index contributed by atoms with van der Waals surface area (Å²) in [5.74, 6) is 0.941. The molecule has 2 aromatic rings. The summed E-state index contributed by atoms with van der Waals surface area (Å²) in [6, 6.07) is 10.3. The Morgan fingerprint density at radius 1 is 1.20 bits per heavy atom. The normalized spacial score (nSPS) is 9.80. The maximum absolute atomic E-state index is 5.35. The number of fused-ring (bicyclic) bond motifs is 1. The summed E-state index contributed by atoms with van der Waals surface area (Å²) in [5, 5.41) is 1.16. The van der Waals surface area contributed by atoms with Crippen molar-refractivity contribution in [1.82, 2.24) is 0 Å². The second kappa shape index (κ2) is 4.79. The second-order valence-corrected chi connectivity index (χ2v) is 3.43. The first-order valence-corrected chi connectivity index (χ1v) is 4.66. The first-order chi connectivity index (χ1) is 6.74. The third-order valence-electron chi connectivity index (χ3n) is 2.62. The highest BCUT2D eigenvalue weighted by molar-refractivity contribution is 5.82. The van der Waals surface area contributed by atoms with Crippen LogP contribution in [0.1, 0.15) is 5.69 Å². The number of hydrogen-bond donors (Lipinski definition) is 0.